The SMILES string of the molecule is CC1(C)CCOCC1(C)C.CC1(C)COCC1(C)C. The fourth-order valence-corrected chi connectivity index (χ4v) is 2.14. The van der Waals surface area contributed by atoms with Gasteiger partial charge in [-0.2, -0.15) is 0 Å². The van der Waals surface area contributed by atoms with Crippen LogP contribution in [0, 0.1) is 21.7 Å². The molecule has 0 aromatic rings. The first-order chi connectivity index (χ1) is 8.41. The lowest BCUT2D eigenvalue weighted by molar-refractivity contribution is -0.0749. The summed E-state index contributed by atoms with van der Waals surface area (Å²) < 4.78 is 10.8. The second-order valence-electron chi connectivity index (χ2n) is 8.83. The molecule has 2 heteroatoms. The van der Waals surface area contributed by atoms with Crippen LogP contribution in [0.15, 0.2) is 0 Å². The highest BCUT2D eigenvalue weighted by Crippen LogP contribution is 2.44. The van der Waals surface area contributed by atoms with E-state index in [-0.39, 0.29) is 0 Å². The molecule has 2 rings (SSSR count). The Bertz CT molecular complexity index is 270. The summed E-state index contributed by atoms with van der Waals surface area (Å²) in [5, 5.41) is 0. The number of hydrogen-bond acceptors (Lipinski definition) is 2. The summed E-state index contributed by atoms with van der Waals surface area (Å²) in [5.41, 5.74) is 1.54. The fraction of sp³-hybridized carbons (Fsp3) is 1.00. The van der Waals surface area contributed by atoms with Gasteiger partial charge in [0.05, 0.1) is 19.8 Å². The molecule has 0 atom stereocenters. The summed E-state index contributed by atoms with van der Waals surface area (Å²) >= 11 is 0. The average Bonchev–Trinajstić information content (AvgIpc) is 2.46. The second kappa shape index (κ2) is 5.37. The molecule has 0 radical (unpaired) electrons. The zero-order chi connectivity index (χ0) is 14.9. The maximum Gasteiger partial charge on any atom is 0.0523 e. The molecule has 0 saturated carbocycles. The van der Waals surface area contributed by atoms with Gasteiger partial charge in [-0.25, -0.2) is 0 Å². The molecule has 2 fully saturated rings. The zero-order valence-electron chi connectivity index (χ0n) is 14.4. The summed E-state index contributed by atoms with van der Waals surface area (Å²) in [4.78, 5) is 0. The zero-order valence-corrected chi connectivity index (χ0v) is 14.4. The van der Waals surface area contributed by atoms with Crippen LogP contribution in [0.5, 0.6) is 0 Å². The minimum absolute atomic E-state index is 0.352. The van der Waals surface area contributed by atoms with Crippen LogP contribution in [0.2, 0.25) is 0 Å². The van der Waals surface area contributed by atoms with E-state index < -0.39 is 0 Å². The Labute approximate surface area is 120 Å². The molecule has 2 heterocycles. The van der Waals surface area contributed by atoms with Gasteiger partial charge in [0.25, 0.3) is 0 Å². The van der Waals surface area contributed by atoms with Crippen LogP contribution in [0.4, 0.5) is 0 Å². The molecule has 0 aromatic heterocycles. The van der Waals surface area contributed by atoms with Gasteiger partial charge in [-0.1, -0.05) is 55.4 Å². The quantitative estimate of drug-likeness (QED) is 0.644. The van der Waals surface area contributed by atoms with E-state index in [1.165, 1.54) is 6.42 Å². The van der Waals surface area contributed by atoms with Gasteiger partial charge >= 0.3 is 0 Å². The summed E-state index contributed by atoms with van der Waals surface area (Å²) in [6.07, 6.45) is 1.19. The highest BCUT2D eigenvalue weighted by molar-refractivity contribution is 4.90. The molecule has 2 aliphatic heterocycles. The van der Waals surface area contributed by atoms with Gasteiger partial charge in [-0.05, 0) is 28.1 Å². The van der Waals surface area contributed by atoms with E-state index in [1.807, 2.05) is 0 Å². The first-order valence-electron chi connectivity index (χ1n) is 7.57. The van der Waals surface area contributed by atoms with E-state index in [0.717, 1.165) is 26.4 Å². The molecule has 2 nitrogen and oxygen atoms in total. The molecule has 0 aromatic carbocycles. The minimum Gasteiger partial charge on any atom is -0.381 e. The maximum atomic E-state index is 5.42. The van der Waals surface area contributed by atoms with Crippen molar-refractivity contribution in [1.82, 2.24) is 0 Å². The topological polar surface area (TPSA) is 18.5 Å². The van der Waals surface area contributed by atoms with Crippen molar-refractivity contribution in [3.63, 3.8) is 0 Å². The molecule has 0 N–H and O–H groups in total. The third-order valence-corrected chi connectivity index (χ3v) is 5.92. The number of ether oxygens (including phenoxy) is 2. The van der Waals surface area contributed by atoms with Crippen LogP contribution in [0.3, 0.4) is 0 Å². The average molecular weight is 270 g/mol. The monoisotopic (exact) mass is 270 g/mol. The van der Waals surface area contributed by atoms with Crippen LogP contribution in [0.1, 0.15) is 61.8 Å². The van der Waals surface area contributed by atoms with Crippen molar-refractivity contribution in [2.75, 3.05) is 26.4 Å². The molecule has 0 unspecified atom stereocenters. The number of rotatable bonds is 0. The molecular weight excluding hydrogens is 236 g/mol. The number of hydrogen-bond donors (Lipinski definition) is 0. The smallest absolute Gasteiger partial charge is 0.0523 e. The highest BCUT2D eigenvalue weighted by atomic mass is 16.5. The van der Waals surface area contributed by atoms with Gasteiger partial charge in [-0.3, -0.25) is 0 Å². The van der Waals surface area contributed by atoms with Crippen LogP contribution in [-0.4, -0.2) is 26.4 Å². The van der Waals surface area contributed by atoms with E-state index in [1.54, 1.807) is 0 Å². The molecular formula is C17H34O2. The standard InChI is InChI=1S/C9H18O.C8H16O/c1-8(2)5-6-10-7-9(8,3)4;1-7(2)5-9-6-8(7,3)4/h5-7H2,1-4H3;5-6H2,1-4H3. The predicted molar refractivity (Wildman–Crippen MR) is 81.4 cm³/mol. The normalized spacial score (nSPS) is 30.3. The third kappa shape index (κ3) is 3.72. The molecule has 0 spiro atoms. The van der Waals surface area contributed by atoms with E-state index >= 15 is 0 Å². The Morgan fingerprint density at radius 1 is 0.526 bits per heavy atom. The molecule has 0 bridgehead atoms. The summed E-state index contributed by atoms with van der Waals surface area (Å²) in [6.45, 7) is 22.0. The Kier molecular flexibility index (Phi) is 4.79. The van der Waals surface area contributed by atoms with E-state index in [0.29, 0.717) is 21.7 Å². The lowest BCUT2D eigenvalue weighted by Gasteiger charge is -2.45. The van der Waals surface area contributed by atoms with Crippen LogP contribution in [-0.2, 0) is 9.47 Å². The van der Waals surface area contributed by atoms with E-state index in [9.17, 15) is 0 Å². The first kappa shape index (κ1) is 17.0. The van der Waals surface area contributed by atoms with Crippen LogP contribution >= 0.6 is 0 Å². The molecule has 19 heavy (non-hydrogen) atoms. The summed E-state index contributed by atoms with van der Waals surface area (Å²) in [5.74, 6) is 0. The lowest BCUT2D eigenvalue weighted by atomic mass is 9.65. The van der Waals surface area contributed by atoms with E-state index in [2.05, 4.69) is 55.4 Å². The molecule has 0 amide bonds. The fourth-order valence-electron chi connectivity index (χ4n) is 2.14. The van der Waals surface area contributed by atoms with Gasteiger partial charge in [-0.15, -0.1) is 0 Å². The summed E-state index contributed by atoms with van der Waals surface area (Å²) in [7, 11) is 0. The molecule has 0 aliphatic carbocycles. The Balaban J connectivity index is 0.000000191. The van der Waals surface area contributed by atoms with Crippen molar-refractivity contribution in [3.05, 3.63) is 0 Å². The van der Waals surface area contributed by atoms with Crippen molar-refractivity contribution >= 4 is 0 Å². The molecule has 2 saturated heterocycles. The maximum absolute atomic E-state index is 5.42. The van der Waals surface area contributed by atoms with E-state index in [4.69, 9.17) is 9.47 Å². The Morgan fingerprint density at radius 3 is 1.11 bits per heavy atom. The van der Waals surface area contributed by atoms with Gasteiger partial charge < -0.3 is 9.47 Å². The highest BCUT2D eigenvalue weighted by Gasteiger charge is 2.42. The lowest BCUT2D eigenvalue weighted by Crippen LogP contribution is -2.41. The summed E-state index contributed by atoms with van der Waals surface area (Å²) in [6, 6.07) is 0. The van der Waals surface area contributed by atoms with Gasteiger partial charge in [0.15, 0.2) is 0 Å². The largest absolute Gasteiger partial charge is 0.381 e. The van der Waals surface area contributed by atoms with Crippen molar-refractivity contribution < 1.29 is 9.47 Å². The minimum atomic E-state index is 0.352. The van der Waals surface area contributed by atoms with Gasteiger partial charge in [0.2, 0.25) is 0 Å². The van der Waals surface area contributed by atoms with Crippen LogP contribution < -0.4 is 0 Å². The molecule has 2 aliphatic rings. The van der Waals surface area contributed by atoms with Gasteiger partial charge in [0.1, 0.15) is 0 Å². The molecule has 114 valence electrons. The predicted octanol–water partition coefficient (Wildman–Crippen LogP) is 4.53. The van der Waals surface area contributed by atoms with Crippen molar-refractivity contribution in [2.24, 2.45) is 21.7 Å². The Hall–Kier alpha value is -0.0800. The second-order valence-corrected chi connectivity index (χ2v) is 8.83. The van der Waals surface area contributed by atoms with Crippen molar-refractivity contribution in [1.29, 1.82) is 0 Å². The van der Waals surface area contributed by atoms with Gasteiger partial charge in [0, 0.05) is 6.61 Å². The van der Waals surface area contributed by atoms with Crippen molar-refractivity contribution in [2.45, 2.75) is 61.8 Å². The Morgan fingerprint density at radius 2 is 0.895 bits per heavy atom. The van der Waals surface area contributed by atoms with Crippen molar-refractivity contribution in [3.8, 4) is 0 Å². The van der Waals surface area contributed by atoms with Crippen LogP contribution in [0.25, 0.3) is 0 Å². The first-order valence-corrected chi connectivity index (χ1v) is 7.57. The third-order valence-electron chi connectivity index (χ3n) is 5.92.